The molecule has 1 nitrogen and oxygen atoms in total. The Hall–Kier alpha value is -0.600. The fourth-order valence-electron chi connectivity index (χ4n) is 2.25. The summed E-state index contributed by atoms with van der Waals surface area (Å²) in [7, 11) is 1.91. The predicted molar refractivity (Wildman–Crippen MR) is 65.2 cm³/mol. The standard InChI is InChI=1S/C13H17ClFN/c1-16-12(8-9-4-2-5-9)10-6-3-7-11(15)13(10)14/h3,6-7,9,12,16H,2,4-5,8H2,1H3. The maximum absolute atomic E-state index is 13.3. The van der Waals surface area contributed by atoms with E-state index >= 15 is 0 Å². The summed E-state index contributed by atoms with van der Waals surface area (Å²) in [5.41, 5.74) is 0.885. The largest absolute Gasteiger partial charge is 0.313 e. The molecule has 1 aromatic carbocycles. The number of benzene rings is 1. The van der Waals surface area contributed by atoms with Crippen molar-refractivity contribution in [1.29, 1.82) is 0 Å². The van der Waals surface area contributed by atoms with Crippen LogP contribution in [0.2, 0.25) is 5.02 Å². The van der Waals surface area contributed by atoms with Crippen molar-refractivity contribution < 1.29 is 4.39 Å². The van der Waals surface area contributed by atoms with Crippen LogP contribution in [0.1, 0.15) is 37.3 Å². The average molecular weight is 242 g/mol. The van der Waals surface area contributed by atoms with E-state index in [4.69, 9.17) is 11.6 Å². The van der Waals surface area contributed by atoms with Gasteiger partial charge in [-0.3, -0.25) is 0 Å². The van der Waals surface area contributed by atoms with Gasteiger partial charge in [-0.1, -0.05) is 43.0 Å². The van der Waals surface area contributed by atoms with E-state index in [1.54, 1.807) is 6.07 Å². The molecule has 1 atom stereocenters. The number of rotatable bonds is 4. The Kier molecular flexibility index (Phi) is 3.82. The summed E-state index contributed by atoms with van der Waals surface area (Å²) >= 11 is 6.00. The van der Waals surface area contributed by atoms with Crippen molar-refractivity contribution >= 4 is 11.6 Å². The molecule has 3 heteroatoms. The Balaban J connectivity index is 2.15. The van der Waals surface area contributed by atoms with Crippen molar-refractivity contribution in [3.63, 3.8) is 0 Å². The molecule has 1 fully saturated rings. The second-order valence-corrected chi connectivity index (χ2v) is 4.89. The zero-order chi connectivity index (χ0) is 11.5. The Morgan fingerprint density at radius 3 is 2.81 bits per heavy atom. The summed E-state index contributed by atoms with van der Waals surface area (Å²) in [5.74, 6) is 0.449. The predicted octanol–water partition coefficient (Wildman–Crippen LogP) is 3.93. The number of halogens is 2. The van der Waals surface area contributed by atoms with Gasteiger partial charge in [-0.15, -0.1) is 0 Å². The van der Waals surface area contributed by atoms with E-state index in [2.05, 4.69) is 5.32 Å². The molecule has 0 heterocycles. The van der Waals surface area contributed by atoms with Crippen LogP contribution >= 0.6 is 11.6 Å². The van der Waals surface area contributed by atoms with Gasteiger partial charge in [0.2, 0.25) is 0 Å². The fraction of sp³-hybridized carbons (Fsp3) is 0.538. The number of hydrogen-bond acceptors (Lipinski definition) is 1. The highest BCUT2D eigenvalue weighted by molar-refractivity contribution is 6.31. The third-order valence-electron chi connectivity index (χ3n) is 3.50. The van der Waals surface area contributed by atoms with Gasteiger partial charge in [-0.05, 0) is 31.0 Å². The Morgan fingerprint density at radius 1 is 1.50 bits per heavy atom. The molecule has 0 amide bonds. The van der Waals surface area contributed by atoms with Crippen LogP contribution in [0.4, 0.5) is 4.39 Å². The molecule has 1 N–H and O–H groups in total. The first-order valence-electron chi connectivity index (χ1n) is 5.83. The van der Waals surface area contributed by atoms with Gasteiger partial charge in [0, 0.05) is 6.04 Å². The van der Waals surface area contributed by atoms with Crippen LogP contribution in [0.5, 0.6) is 0 Å². The van der Waals surface area contributed by atoms with E-state index < -0.39 is 0 Å². The van der Waals surface area contributed by atoms with E-state index in [9.17, 15) is 4.39 Å². The third-order valence-corrected chi connectivity index (χ3v) is 3.90. The second kappa shape index (κ2) is 5.15. The van der Waals surface area contributed by atoms with Crippen LogP contribution in [0.15, 0.2) is 18.2 Å². The molecule has 16 heavy (non-hydrogen) atoms. The summed E-state index contributed by atoms with van der Waals surface area (Å²) in [6.45, 7) is 0. The van der Waals surface area contributed by atoms with Gasteiger partial charge in [0.15, 0.2) is 0 Å². The Morgan fingerprint density at radius 2 is 2.25 bits per heavy atom. The normalized spacial score (nSPS) is 18.2. The lowest BCUT2D eigenvalue weighted by atomic mass is 9.79. The smallest absolute Gasteiger partial charge is 0.142 e. The molecule has 0 radical (unpaired) electrons. The first kappa shape index (κ1) is 11.9. The van der Waals surface area contributed by atoms with Gasteiger partial charge in [0.1, 0.15) is 5.82 Å². The van der Waals surface area contributed by atoms with Crippen LogP contribution in [-0.2, 0) is 0 Å². The van der Waals surface area contributed by atoms with E-state index in [-0.39, 0.29) is 16.9 Å². The first-order valence-corrected chi connectivity index (χ1v) is 6.21. The van der Waals surface area contributed by atoms with Crippen LogP contribution in [0, 0.1) is 11.7 Å². The molecule has 2 rings (SSSR count). The molecular weight excluding hydrogens is 225 g/mol. The lowest BCUT2D eigenvalue weighted by Crippen LogP contribution is -2.23. The summed E-state index contributed by atoms with van der Waals surface area (Å²) in [6, 6.07) is 5.21. The van der Waals surface area contributed by atoms with E-state index in [0.717, 1.165) is 17.9 Å². The van der Waals surface area contributed by atoms with Crippen LogP contribution < -0.4 is 5.32 Å². The van der Waals surface area contributed by atoms with Gasteiger partial charge >= 0.3 is 0 Å². The Bertz CT molecular complexity index is 363. The highest BCUT2D eigenvalue weighted by atomic mass is 35.5. The fourth-order valence-corrected chi connectivity index (χ4v) is 2.51. The van der Waals surface area contributed by atoms with Crippen molar-refractivity contribution in [3.05, 3.63) is 34.6 Å². The Labute approximate surface area is 101 Å². The van der Waals surface area contributed by atoms with E-state index in [1.165, 1.54) is 25.3 Å². The molecule has 1 unspecified atom stereocenters. The van der Waals surface area contributed by atoms with Gasteiger partial charge in [0.25, 0.3) is 0 Å². The summed E-state index contributed by atoms with van der Waals surface area (Å²) in [6.07, 6.45) is 4.98. The minimum absolute atomic E-state index is 0.175. The summed E-state index contributed by atoms with van der Waals surface area (Å²) in [5, 5.41) is 3.50. The zero-order valence-corrected chi connectivity index (χ0v) is 10.2. The molecule has 0 aliphatic heterocycles. The number of hydrogen-bond donors (Lipinski definition) is 1. The molecule has 0 aromatic heterocycles. The molecule has 1 aromatic rings. The molecule has 0 bridgehead atoms. The summed E-state index contributed by atoms with van der Waals surface area (Å²) < 4.78 is 13.3. The van der Waals surface area contributed by atoms with Crippen molar-refractivity contribution in [2.24, 2.45) is 5.92 Å². The van der Waals surface area contributed by atoms with Crippen molar-refractivity contribution in [2.75, 3.05) is 7.05 Å². The van der Waals surface area contributed by atoms with Crippen LogP contribution in [-0.4, -0.2) is 7.05 Å². The van der Waals surface area contributed by atoms with Gasteiger partial charge in [-0.2, -0.15) is 0 Å². The van der Waals surface area contributed by atoms with Gasteiger partial charge in [0.05, 0.1) is 5.02 Å². The van der Waals surface area contributed by atoms with Gasteiger partial charge < -0.3 is 5.32 Å². The average Bonchev–Trinajstić information content (AvgIpc) is 2.22. The zero-order valence-electron chi connectivity index (χ0n) is 9.47. The van der Waals surface area contributed by atoms with Crippen molar-refractivity contribution in [2.45, 2.75) is 31.7 Å². The molecule has 88 valence electrons. The minimum atomic E-state index is -0.326. The van der Waals surface area contributed by atoms with Crippen molar-refractivity contribution in [1.82, 2.24) is 5.32 Å². The monoisotopic (exact) mass is 241 g/mol. The molecule has 1 aliphatic carbocycles. The molecular formula is C13H17ClFN. The highest BCUT2D eigenvalue weighted by Gasteiger charge is 2.23. The lowest BCUT2D eigenvalue weighted by molar-refractivity contribution is 0.265. The maximum atomic E-state index is 13.3. The molecule has 0 saturated heterocycles. The third kappa shape index (κ3) is 2.38. The second-order valence-electron chi connectivity index (χ2n) is 4.52. The topological polar surface area (TPSA) is 12.0 Å². The molecule has 0 spiro atoms. The SMILES string of the molecule is CNC(CC1CCC1)c1cccc(F)c1Cl. The molecule has 1 saturated carbocycles. The van der Waals surface area contributed by atoms with Gasteiger partial charge in [-0.25, -0.2) is 4.39 Å². The summed E-state index contributed by atoms with van der Waals surface area (Å²) in [4.78, 5) is 0. The van der Waals surface area contributed by atoms with Crippen LogP contribution in [0.3, 0.4) is 0 Å². The van der Waals surface area contributed by atoms with E-state index in [0.29, 0.717) is 0 Å². The quantitative estimate of drug-likeness (QED) is 0.842. The molecule has 1 aliphatic rings. The minimum Gasteiger partial charge on any atom is -0.313 e. The maximum Gasteiger partial charge on any atom is 0.142 e. The number of nitrogens with one attached hydrogen (secondary N) is 1. The van der Waals surface area contributed by atoms with Crippen LogP contribution in [0.25, 0.3) is 0 Å². The van der Waals surface area contributed by atoms with Crippen molar-refractivity contribution in [3.8, 4) is 0 Å². The lowest BCUT2D eigenvalue weighted by Gasteiger charge is -2.30. The van der Waals surface area contributed by atoms with E-state index in [1.807, 2.05) is 13.1 Å². The highest BCUT2D eigenvalue weighted by Crippen LogP contribution is 2.36. The first-order chi connectivity index (χ1) is 7.72.